The van der Waals surface area contributed by atoms with Gasteiger partial charge in [-0.25, -0.2) is 0 Å². The van der Waals surface area contributed by atoms with Crippen LogP contribution in [-0.2, 0) is 6.54 Å². The standard InChI is InChI=1S/C13H12N2O2/c1-10-5-4-8-15(13(10)17)9-12(16)11-6-2-3-7-14-11/h2-8H,9H2,1H3. The molecule has 0 unspecified atom stereocenters. The number of carbonyl (C=O) groups is 1. The number of hydrogen-bond donors (Lipinski definition) is 0. The Bertz CT molecular complexity index is 588. The van der Waals surface area contributed by atoms with Gasteiger partial charge >= 0.3 is 0 Å². The molecule has 0 fully saturated rings. The van der Waals surface area contributed by atoms with E-state index in [2.05, 4.69) is 4.98 Å². The maximum Gasteiger partial charge on any atom is 0.253 e. The van der Waals surface area contributed by atoms with Crippen molar-refractivity contribution < 1.29 is 4.79 Å². The average Bonchev–Trinajstić information content (AvgIpc) is 2.36. The van der Waals surface area contributed by atoms with Gasteiger partial charge in [0.05, 0.1) is 6.54 Å². The summed E-state index contributed by atoms with van der Waals surface area (Å²) in [6.45, 7) is 1.75. The van der Waals surface area contributed by atoms with Crippen LogP contribution in [-0.4, -0.2) is 15.3 Å². The Morgan fingerprint density at radius 3 is 2.82 bits per heavy atom. The SMILES string of the molecule is Cc1cccn(CC(=O)c2ccccn2)c1=O. The number of aryl methyl sites for hydroxylation is 1. The van der Waals surface area contributed by atoms with Crippen LogP contribution in [0.2, 0.25) is 0 Å². The second-order valence-electron chi connectivity index (χ2n) is 3.76. The minimum absolute atomic E-state index is 0.0253. The lowest BCUT2D eigenvalue weighted by atomic mass is 10.2. The molecule has 2 aromatic heterocycles. The summed E-state index contributed by atoms with van der Waals surface area (Å²) in [6, 6.07) is 8.62. The Kier molecular flexibility index (Phi) is 3.14. The number of ketones is 1. The topological polar surface area (TPSA) is 52.0 Å². The minimum atomic E-state index is -0.168. The van der Waals surface area contributed by atoms with Gasteiger partial charge in [0.2, 0.25) is 5.78 Å². The van der Waals surface area contributed by atoms with E-state index in [1.165, 1.54) is 4.57 Å². The fourth-order valence-electron chi connectivity index (χ4n) is 1.54. The molecule has 0 aromatic carbocycles. The Hall–Kier alpha value is -2.23. The van der Waals surface area contributed by atoms with Gasteiger partial charge in [-0.2, -0.15) is 0 Å². The van der Waals surface area contributed by atoms with Gasteiger partial charge in [0.25, 0.3) is 5.56 Å². The zero-order valence-corrected chi connectivity index (χ0v) is 9.46. The van der Waals surface area contributed by atoms with Crippen molar-refractivity contribution in [3.8, 4) is 0 Å². The van der Waals surface area contributed by atoms with Crippen LogP contribution in [0.15, 0.2) is 47.5 Å². The summed E-state index contributed by atoms with van der Waals surface area (Å²) >= 11 is 0. The molecule has 17 heavy (non-hydrogen) atoms. The van der Waals surface area contributed by atoms with Crippen LogP contribution >= 0.6 is 0 Å². The van der Waals surface area contributed by atoms with E-state index in [0.717, 1.165) is 0 Å². The van der Waals surface area contributed by atoms with Crippen molar-refractivity contribution in [1.29, 1.82) is 0 Å². The molecule has 0 saturated carbocycles. The molecule has 0 N–H and O–H groups in total. The van der Waals surface area contributed by atoms with Crippen LogP contribution in [0.3, 0.4) is 0 Å². The van der Waals surface area contributed by atoms with Crippen molar-refractivity contribution in [1.82, 2.24) is 9.55 Å². The van der Waals surface area contributed by atoms with E-state index in [0.29, 0.717) is 11.3 Å². The number of pyridine rings is 2. The summed E-state index contributed by atoms with van der Waals surface area (Å²) in [5, 5.41) is 0. The first kappa shape index (κ1) is 11.3. The lowest BCUT2D eigenvalue weighted by Gasteiger charge is -2.04. The van der Waals surface area contributed by atoms with Gasteiger partial charge < -0.3 is 4.57 Å². The molecule has 86 valence electrons. The number of rotatable bonds is 3. The van der Waals surface area contributed by atoms with E-state index < -0.39 is 0 Å². The summed E-state index contributed by atoms with van der Waals surface area (Å²) < 4.78 is 1.40. The molecule has 2 aromatic rings. The first-order chi connectivity index (χ1) is 8.18. The fraction of sp³-hybridized carbons (Fsp3) is 0.154. The fourth-order valence-corrected chi connectivity index (χ4v) is 1.54. The number of aromatic nitrogens is 2. The van der Waals surface area contributed by atoms with Crippen molar-refractivity contribution >= 4 is 5.78 Å². The third kappa shape index (κ3) is 2.47. The van der Waals surface area contributed by atoms with Gasteiger partial charge in [0.15, 0.2) is 0 Å². The van der Waals surface area contributed by atoms with Crippen LogP contribution in [0.5, 0.6) is 0 Å². The molecule has 0 aliphatic rings. The highest BCUT2D eigenvalue weighted by Crippen LogP contribution is 1.98. The van der Waals surface area contributed by atoms with Gasteiger partial charge in [-0.3, -0.25) is 14.6 Å². The lowest BCUT2D eigenvalue weighted by molar-refractivity contribution is 0.0966. The minimum Gasteiger partial charge on any atom is -0.307 e. The largest absolute Gasteiger partial charge is 0.307 e. The molecule has 0 bridgehead atoms. The second kappa shape index (κ2) is 4.74. The smallest absolute Gasteiger partial charge is 0.253 e. The summed E-state index contributed by atoms with van der Waals surface area (Å²) in [5.74, 6) is -0.168. The van der Waals surface area contributed by atoms with E-state index in [4.69, 9.17) is 0 Å². The summed E-state index contributed by atoms with van der Waals surface area (Å²) in [6.07, 6.45) is 3.17. The third-order valence-electron chi connectivity index (χ3n) is 2.47. The van der Waals surface area contributed by atoms with Crippen molar-refractivity contribution in [3.05, 3.63) is 64.3 Å². The van der Waals surface area contributed by atoms with Gasteiger partial charge in [-0.05, 0) is 25.1 Å². The second-order valence-corrected chi connectivity index (χ2v) is 3.76. The monoisotopic (exact) mass is 228 g/mol. The molecule has 2 rings (SSSR count). The quantitative estimate of drug-likeness (QED) is 0.747. The molecule has 4 heteroatoms. The zero-order valence-electron chi connectivity index (χ0n) is 9.46. The normalized spacial score (nSPS) is 10.2. The van der Waals surface area contributed by atoms with Gasteiger partial charge in [-0.1, -0.05) is 12.1 Å². The predicted octanol–water partition coefficient (Wildman–Crippen LogP) is 1.43. The summed E-state index contributed by atoms with van der Waals surface area (Å²) in [5.41, 5.74) is 0.860. The maximum atomic E-state index is 11.9. The van der Waals surface area contributed by atoms with E-state index in [1.54, 1.807) is 49.6 Å². The van der Waals surface area contributed by atoms with E-state index in [-0.39, 0.29) is 17.9 Å². The molecule has 4 nitrogen and oxygen atoms in total. The third-order valence-corrected chi connectivity index (χ3v) is 2.47. The highest BCUT2D eigenvalue weighted by Gasteiger charge is 2.08. The maximum absolute atomic E-state index is 11.9. The zero-order chi connectivity index (χ0) is 12.3. The Balaban J connectivity index is 2.25. The molecule has 2 heterocycles. The van der Waals surface area contributed by atoms with E-state index in [1.807, 2.05) is 0 Å². The van der Waals surface area contributed by atoms with Crippen molar-refractivity contribution in [2.75, 3.05) is 0 Å². The van der Waals surface area contributed by atoms with Crippen LogP contribution in [0.1, 0.15) is 16.1 Å². The molecule has 0 amide bonds. The molecule has 0 aliphatic heterocycles. The van der Waals surface area contributed by atoms with Crippen molar-refractivity contribution in [3.63, 3.8) is 0 Å². The van der Waals surface area contributed by atoms with Crippen LogP contribution in [0, 0.1) is 6.92 Å². The van der Waals surface area contributed by atoms with Crippen LogP contribution in [0.4, 0.5) is 0 Å². The Labute approximate surface area is 98.6 Å². The molecule has 0 aliphatic carbocycles. The van der Waals surface area contributed by atoms with Crippen LogP contribution in [0.25, 0.3) is 0 Å². The Morgan fingerprint density at radius 1 is 1.29 bits per heavy atom. The number of nitrogens with zero attached hydrogens (tertiary/aromatic N) is 2. The van der Waals surface area contributed by atoms with Crippen molar-refractivity contribution in [2.24, 2.45) is 0 Å². The molecular formula is C13H12N2O2. The first-order valence-electron chi connectivity index (χ1n) is 5.29. The van der Waals surface area contributed by atoms with E-state index in [9.17, 15) is 9.59 Å². The Morgan fingerprint density at radius 2 is 2.12 bits per heavy atom. The van der Waals surface area contributed by atoms with Crippen molar-refractivity contribution in [2.45, 2.75) is 13.5 Å². The number of carbonyl (C=O) groups excluding carboxylic acids is 1. The average molecular weight is 228 g/mol. The summed E-state index contributed by atoms with van der Waals surface area (Å²) in [4.78, 5) is 27.5. The van der Waals surface area contributed by atoms with Crippen LogP contribution < -0.4 is 5.56 Å². The van der Waals surface area contributed by atoms with Gasteiger partial charge in [0.1, 0.15) is 5.69 Å². The predicted molar refractivity (Wildman–Crippen MR) is 64.0 cm³/mol. The molecule has 0 atom stereocenters. The first-order valence-corrected chi connectivity index (χ1v) is 5.29. The van der Waals surface area contributed by atoms with Gasteiger partial charge in [-0.15, -0.1) is 0 Å². The highest BCUT2D eigenvalue weighted by molar-refractivity contribution is 5.93. The molecular weight excluding hydrogens is 216 g/mol. The highest BCUT2D eigenvalue weighted by atomic mass is 16.1. The molecule has 0 radical (unpaired) electrons. The molecule has 0 saturated heterocycles. The number of hydrogen-bond acceptors (Lipinski definition) is 3. The molecule has 0 spiro atoms. The number of Topliss-reactive ketones (excluding diaryl/α,β-unsaturated/α-hetero) is 1. The summed E-state index contributed by atoms with van der Waals surface area (Å²) in [7, 11) is 0. The van der Waals surface area contributed by atoms with Gasteiger partial charge in [0, 0.05) is 18.0 Å². The van der Waals surface area contributed by atoms with E-state index >= 15 is 0 Å². The lowest BCUT2D eigenvalue weighted by Crippen LogP contribution is -2.25.